The zero-order chi connectivity index (χ0) is 16.6. The minimum absolute atomic E-state index is 0.0945. The van der Waals surface area contributed by atoms with E-state index in [1.807, 2.05) is 0 Å². The molecule has 2 N–H and O–H groups in total. The van der Waals surface area contributed by atoms with Crippen LogP contribution in [-0.2, 0) is 4.79 Å². The smallest absolute Gasteiger partial charge is 0.296 e. The first-order valence-electron chi connectivity index (χ1n) is 6.53. The molecular formula is C16H9Cl2FN2O2. The van der Waals surface area contributed by atoms with E-state index >= 15 is 0 Å². The van der Waals surface area contributed by atoms with Gasteiger partial charge in [0.1, 0.15) is 5.82 Å². The molecule has 0 atom stereocenters. The number of rotatable bonds is 3. The number of aromatic nitrogens is 1. The third kappa shape index (κ3) is 3.06. The fraction of sp³-hybridized carbons (Fsp3) is 0. The number of nitrogens with one attached hydrogen (secondary N) is 2. The van der Waals surface area contributed by atoms with Crippen molar-refractivity contribution in [2.75, 3.05) is 5.32 Å². The Balaban J connectivity index is 1.87. The molecule has 1 amide bonds. The number of Topliss-reactive ketones (excluding diaryl/α,β-unsaturated/α-hetero) is 1. The Hall–Kier alpha value is -2.37. The highest BCUT2D eigenvalue weighted by Crippen LogP contribution is 2.25. The quantitative estimate of drug-likeness (QED) is 0.542. The molecule has 0 saturated heterocycles. The van der Waals surface area contributed by atoms with Crippen LogP contribution in [0.4, 0.5) is 10.1 Å². The first-order valence-corrected chi connectivity index (χ1v) is 7.28. The molecule has 0 saturated carbocycles. The molecule has 0 radical (unpaired) electrons. The van der Waals surface area contributed by atoms with Crippen LogP contribution in [0.1, 0.15) is 10.4 Å². The molecule has 0 spiro atoms. The Morgan fingerprint density at radius 1 is 1.04 bits per heavy atom. The van der Waals surface area contributed by atoms with Crippen molar-refractivity contribution in [3.8, 4) is 0 Å². The number of fused-ring (bicyclic) bond motifs is 1. The third-order valence-electron chi connectivity index (χ3n) is 3.27. The van der Waals surface area contributed by atoms with E-state index in [1.54, 1.807) is 0 Å². The largest absolute Gasteiger partial charge is 0.360 e. The number of hydrogen-bond donors (Lipinski definition) is 2. The second kappa shape index (κ2) is 6.02. The molecule has 0 unspecified atom stereocenters. The Kier molecular flexibility index (Phi) is 4.07. The summed E-state index contributed by atoms with van der Waals surface area (Å²) in [6, 6.07) is 8.43. The highest BCUT2D eigenvalue weighted by atomic mass is 35.5. The molecule has 1 aromatic heterocycles. The lowest BCUT2D eigenvalue weighted by Gasteiger charge is -2.05. The van der Waals surface area contributed by atoms with Crippen molar-refractivity contribution in [3.63, 3.8) is 0 Å². The summed E-state index contributed by atoms with van der Waals surface area (Å²) in [7, 11) is 0. The molecule has 23 heavy (non-hydrogen) atoms. The van der Waals surface area contributed by atoms with Gasteiger partial charge in [0, 0.05) is 22.8 Å². The summed E-state index contributed by atoms with van der Waals surface area (Å²) in [5, 5.41) is 3.38. The van der Waals surface area contributed by atoms with Crippen molar-refractivity contribution in [3.05, 3.63) is 64.0 Å². The van der Waals surface area contributed by atoms with Crippen molar-refractivity contribution in [2.24, 2.45) is 0 Å². The van der Waals surface area contributed by atoms with Crippen LogP contribution >= 0.6 is 23.2 Å². The van der Waals surface area contributed by atoms with E-state index in [1.165, 1.54) is 42.6 Å². The normalized spacial score (nSPS) is 10.7. The maximum absolute atomic E-state index is 13.3. The summed E-state index contributed by atoms with van der Waals surface area (Å²) in [5.74, 6) is -2.13. The Morgan fingerprint density at radius 3 is 2.57 bits per heavy atom. The van der Waals surface area contributed by atoms with Gasteiger partial charge in [-0.2, -0.15) is 0 Å². The Bertz CT molecular complexity index is 937. The second-order valence-corrected chi connectivity index (χ2v) is 5.62. The van der Waals surface area contributed by atoms with Crippen LogP contribution in [0.15, 0.2) is 42.6 Å². The molecule has 1 heterocycles. The van der Waals surface area contributed by atoms with Gasteiger partial charge in [-0.15, -0.1) is 0 Å². The topological polar surface area (TPSA) is 62.0 Å². The van der Waals surface area contributed by atoms with E-state index in [9.17, 15) is 14.0 Å². The maximum atomic E-state index is 13.3. The van der Waals surface area contributed by atoms with Crippen LogP contribution in [0.3, 0.4) is 0 Å². The minimum Gasteiger partial charge on any atom is -0.360 e. The summed E-state index contributed by atoms with van der Waals surface area (Å²) >= 11 is 11.6. The number of aromatic amines is 1. The number of benzene rings is 2. The second-order valence-electron chi connectivity index (χ2n) is 4.80. The molecule has 3 rings (SSSR count). The molecule has 0 fully saturated rings. The van der Waals surface area contributed by atoms with Crippen molar-refractivity contribution in [2.45, 2.75) is 0 Å². The average molecular weight is 351 g/mol. The highest BCUT2D eigenvalue weighted by Gasteiger charge is 2.20. The summed E-state index contributed by atoms with van der Waals surface area (Å²) in [5.41, 5.74) is 0.998. The van der Waals surface area contributed by atoms with Gasteiger partial charge in [0.05, 0.1) is 15.6 Å². The van der Waals surface area contributed by atoms with Crippen LogP contribution in [0.25, 0.3) is 10.9 Å². The van der Waals surface area contributed by atoms with Crippen LogP contribution in [0, 0.1) is 5.82 Å². The van der Waals surface area contributed by atoms with Crippen LogP contribution in [-0.4, -0.2) is 16.7 Å². The molecule has 4 nitrogen and oxygen atoms in total. The predicted octanol–water partition coefficient (Wildman–Crippen LogP) is 4.44. The van der Waals surface area contributed by atoms with Crippen molar-refractivity contribution in [1.29, 1.82) is 0 Å². The van der Waals surface area contributed by atoms with Gasteiger partial charge in [-0.05, 0) is 36.4 Å². The lowest BCUT2D eigenvalue weighted by molar-refractivity contribution is -0.112. The third-order valence-corrected chi connectivity index (χ3v) is 4.01. The van der Waals surface area contributed by atoms with Gasteiger partial charge in [0.15, 0.2) is 0 Å². The standard InChI is InChI=1S/C16H9Cl2FN2O2/c17-12-3-2-9(6-13(12)18)21-16(23)15(22)11-7-20-14-4-1-8(19)5-10(11)14/h1-7,20H,(H,21,23). The lowest BCUT2D eigenvalue weighted by Crippen LogP contribution is -2.22. The molecule has 0 bridgehead atoms. The van der Waals surface area contributed by atoms with Crippen LogP contribution < -0.4 is 5.32 Å². The van der Waals surface area contributed by atoms with Crippen LogP contribution in [0.5, 0.6) is 0 Å². The van der Waals surface area contributed by atoms with Gasteiger partial charge in [0.25, 0.3) is 11.7 Å². The van der Waals surface area contributed by atoms with Gasteiger partial charge in [0.2, 0.25) is 0 Å². The lowest BCUT2D eigenvalue weighted by atomic mass is 10.1. The summed E-state index contributed by atoms with van der Waals surface area (Å²) in [6.45, 7) is 0. The van der Waals surface area contributed by atoms with E-state index in [4.69, 9.17) is 23.2 Å². The first kappa shape index (κ1) is 15.5. The molecule has 0 aliphatic heterocycles. The minimum atomic E-state index is -0.853. The Labute approximate surface area is 140 Å². The molecule has 2 aromatic carbocycles. The number of hydrogen-bond acceptors (Lipinski definition) is 2. The van der Waals surface area contributed by atoms with Crippen molar-refractivity contribution >= 4 is 51.5 Å². The van der Waals surface area contributed by atoms with E-state index in [0.717, 1.165) is 0 Å². The molecule has 116 valence electrons. The number of carbonyl (C=O) groups excluding carboxylic acids is 2. The van der Waals surface area contributed by atoms with E-state index in [2.05, 4.69) is 10.3 Å². The first-order chi connectivity index (χ1) is 11.0. The zero-order valence-electron chi connectivity index (χ0n) is 11.5. The van der Waals surface area contributed by atoms with Crippen LogP contribution in [0.2, 0.25) is 10.0 Å². The zero-order valence-corrected chi connectivity index (χ0v) is 13.0. The Morgan fingerprint density at radius 2 is 1.83 bits per heavy atom. The predicted molar refractivity (Wildman–Crippen MR) is 87.7 cm³/mol. The fourth-order valence-electron chi connectivity index (χ4n) is 2.16. The molecule has 0 aliphatic rings. The SMILES string of the molecule is O=C(Nc1ccc(Cl)c(Cl)c1)C(=O)c1c[nH]c2ccc(F)cc12. The number of anilines is 1. The van der Waals surface area contributed by atoms with E-state index < -0.39 is 17.5 Å². The van der Waals surface area contributed by atoms with Gasteiger partial charge in [-0.25, -0.2) is 4.39 Å². The van der Waals surface area contributed by atoms with E-state index in [-0.39, 0.29) is 10.6 Å². The fourth-order valence-corrected chi connectivity index (χ4v) is 2.46. The van der Waals surface area contributed by atoms with Gasteiger partial charge in [-0.3, -0.25) is 9.59 Å². The summed E-state index contributed by atoms with van der Waals surface area (Å²) < 4.78 is 13.3. The van der Waals surface area contributed by atoms with Crippen molar-refractivity contribution < 1.29 is 14.0 Å². The van der Waals surface area contributed by atoms with E-state index in [0.29, 0.717) is 21.6 Å². The van der Waals surface area contributed by atoms with Crippen molar-refractivity contribution in [1.82, 2.24) is 4.98 Å². The molecule has 0 aliphatic carbocycles. The number of halogens is 3. The van der Waals surface area contributed by atoms with Gasteiger partial charge < -0.3 is 10.3 Å². The number of ketones is 1. The molecule has 3 aromatic rings. The molecule has 7 heteroatoms. The highest BCUT2D eigenvalue weighted by molar-refractivity contribution is 6.48. The van der Waals surface area contributed by atoms with Gasteiger partial charge in [-0.1, -0.05) is 23.2 Å². The summed E-state index contributed by atoms with van der Waals surface area (Å²) in [4.78, 5) is 27.2. The monoisotopic (exact) mass is 350 g/mol. The number of carbonyl (C=O) groups is 2. The molecular weight excluding hydrogens is 342 g/mol. The maximum Gasteiger partial charge on any atom is 0.296 e. The van der Waals surface area contributed by atoms with Gasteiger partial charge >= 0.3 is 0 Å². The summed E-state index contributed by atoms with van der Waals surface area (Å²) in [6.07, 6.45) is 1.38. The number of H-pyrrole nitrogens is 1. The number of amides is 1. The average Bonchev–Trinajstić information content (AvgIpc) is 2.93.